The second kappa shape index (κ2) is 11.1. The second-order valence-corrected chi connectivity index (χ2v) is 6.01. The summed E-state index contributed by atoms with van der Waals surface area (Å²) in [7, 11) is 1.35. The molecule has 0 atom stereocenters. The molecule has 0 spiro atoms. The van der Waals surface area contributed by atoms with Crippen LogP contribution in [0.2, 0.25) is 5.02 Å². The summed E-state index contributed by atoms with van der Waals surface area (Å²) >= 11 is 5.84. The Bertz CT molecular complexity index is 972. The lowest BCUT2D eigenvalue weighted by atomic mass is 10.1. The van der Waals surface area contributed by atoms with Gasteiger partial charge < -0.3 is 14.2 Å². The van der Waals surface area contributed by atoms with Gasteiger partial charge in [0.15, 0.2) is 0 Å². The lowest BCUT2D eigenvalue weighted by Gasteiger charge is -2.11. The Morgan fingerprint density at radius 2 is 1.68 bits per heavy atom. The van der Waals surface area contributed by atoms with Gasteiger partial charge in [-0.25, -0.2) is 0 Å². The minimum absolute atomic E-state index is 0.0279. The Morgan fingerprint density at radius 3 is 2.32 bits per heavy atom. The molecule has 0 fully saturated rings. The fraction of sp³-hybridized carbons (Fsp3) is 0.158. The van der Waals surface area contributed by atoms with Gasteiger partial charge >= 0.3 is 13.2 Å². The first-order valence-electron chi connectivity index (χ1n) is 8.35. The van der Waals surface area contributed by atoms with Gasteiger partial charge in [-0.2, -0.15) is 17.6 Å². The Balaban J connectivity index is 2.07. The van der Waals surface area contributed by atoms with Crippen molar-refractivity contribution < 1.29 is 41.4 Å². The van der Waals surface area contributed by atoms with Crippen LogP contribution in [-0.2, 0) is 4.79 Å². The molecular formula is C19H15ClF4N2O5. The molecule has 0 saturated carbocycles. The average Bonchev–Trinajstić information content (AvgIpc) is 2.70. The third-order valence-corrected chi connectivity index (χ3v) is 3.78. The molecule has 0 heterocycles. The summed E-state index contributed by atoms with van der Waals surface area (Å²) in [6, 6.07) is 7.34. The zero-order valence-electron chi connectivity index (χ0n) is 15.7. The van der Waals surface area contributed by atoms with Crippen LogP contribution in [0.25, 0.3) is 6.08 Å². The molecule has 0 aliphatic carbocycles. The molecule has 2 aromatic rings. The molecular weight excluding hydrogens is 448 g/mol. The van der Waals surface area contributed by atoms with E-state index in [1.165, 1.54) is 25.3 Å². The van der Waals surface area contributed by atoms with E-state index >= 15 is 0 Å². The van der Waals surface area contributed by atoms with Crippen LogP contribution in [0.1, 0.15) is 15.9 Å². The van der Waals surface area contributed by atoms with Gasteiger partial charge in [-0.05, 0) is 36.4 Å². The number of rotatable bonds is 8. The highest BCUT2D eigenvalue weighted by Crippen LogP contribution is 2.28. The molecule has 0 unspecified atom stereocenters. The first-order valence-corrected chi connectivity index (χ1v) is 8.73. The van der Waals surface area contributed by atoms with Crippen molar-refractivity contribution in [2.45, 2.75) is 13.2 Å². The highest BCUT2D eigenvalue weighted by molar-refractivity contribution is 6.31. The third kappa shape index (κ3) is 7.37. The van der Waals surface area contributed by atoms with Crippen molar-refractivity contribution in [1.82, 2.24) is 10.9 Å². The monoisotopic (exact) mass is 462 g/mol. The molecule has 2 amide bonds. The summed E-state index contributed by atoms with van der Waals surface area (Å²) in [5.41, 5.74) is 4.24. The number of methoxy groups -OCH3 is 1. The lowest BCUT2D eigenvalue weighted by Crippen LogP contribution is -2.40. The fourth-order valence-corrected chi connectivity index (χ4v) is 2.45. The van der Waals surface area contributed by atoms with Crippen molar-refractivity contribution in [3.05, 3.63) is 58.6 Å². The van der Waals surface area contributed by atoms with E-state index in [-0.39, 0.29) is 21.9 Å². The second-order valence-electron chi connectivity index (χ2n) is 5.58. The highest BCUT2D eigenvalue weighted by Gasteiger charge is 2.14. The predicted octanol–water partition coefficient (Wildman–Crippen LogP) is 4.03. The minimum atomic E-state index is -3.24. The number of carbonyl (C=O) groups excluding carboxylic acids is 2. The Labute approximate surface area is 178 Å². The van der Waals surface area contributed by atoms with Crippen LogP contribution < -0.4 is 25.1 Å². The van der Waals surface area contributed by atoms with Crippen LogP contribution in [0.3, 0.4) is 0 Å². The molecule has 166 valence electrons. The smallest absolute Gasteiger partial charge is 0.387 e. The van der Waals surface area contributed by atoms with Gasteiger partial charge in [0.25, 0.3) is 11.8 Å². The molecule has 2 rings (SSSR count). The summed E-state index contributed by atoms with van der Waals surface area (Å²) in [4.78, 5) is 24.1. The van der Waals surface area contributed by atoms with Crippen molar-refractivity contribution in [3.8, 4) is 17.2 Å². The van der Waals surface area contributed by atoms with Crippen LogP contribution in [0, 0.1) is 0 Å². The first-order chi connectivity index (χ1) is 14.7. The summed E-state index contributed by atoms with van der Waals surface area (Å²) in [6.07, 6.45) is 1.97. The van der Waals surface area contributed by atoms with Gasteiger partial charge in [0.05, 0.1) is 12.7 Å². The van der Waals surface area contributed by atoms with Gasteiger partial charge in [0.2, 0.25) is 0 Å². The fourth-order valence-electron chi connectivity index (χ4n) is 2.28. The molecule has 0 aliphatic heterocycles. The number of carbonyl (C=O) groups is 2. The zero-order valence-corrected chi connectivity index (χ0v) is 16.5. The molecule has 2 N–H and O–H groups in total. The topological polar surface area (TPSA) is 85.9 Å². The normalized spacial score (nSPS) is 11.0. The number of hydrogen-bond acceptors (Lipinski definition) is 5. The number of nitrogens with one attached hydrogen (secondary N) is 2. The summed E-state index contributed by atoms with van der Waals surface area (Å²) in [5, 5.41) is 0.267. The number of halogens is 5. The Morgan fingerprint density at radius 1 is 0.968 bits per heavy atom. The SMILES string of the molecule is COc1ccc(Cl)cc1C(=O)NNC(=O)/C=C/c1ccc(OC(F)F)cc1OC(F)F. The number of hydrogen-bond donors (Lipinski definition) is 2. The van der Waals surface area contributed by atoms with E-state index in [2.05, 4.69) is 20.3 Å². The molecule has 0 aromatic heterocycles. The van der Waals surface area contributed by atoms with Crippen LogP contribution in [0.4, 0.5) is 17.6 Å². The Hall–Kier alpha value is -3.47. The molecule has 0 bridgehead atoms. The van der Waals surface area contributed by atoms with E-state index in [0.29, 0.717) is 0 Å². The van der Waals surface area contributed by atoms with Crippen molar-refractivity contribution in [2.75, 3.05) is 7.11 Å². The molecule has 12 heteroatoms. The zero-order chi connectivity index (χ0) is 23.0. The van der Waals surface area contributed by atoms with Crippen LogP contribution >= 0.6 is 11.6 Å². The van der Waals surface area contributed by atoms with Crippen molar-refractivity contribution in [1.29, 1.82) is 0 Å². The highest BCUT2D eigenvalue weighted by atomic mass is 35.5. The van der Waals surface area contributed by atoms with Crippen LogP contribution in [0.5, 0.6) is 17.2 Å². The van der Waals surface area contributed by atoms with E-state index in [1.54, 1.807) is 0 Å². The van der Waals surface area contributed by atoms with Crippen LogP contribution in [-0.4, -0.2) is 32.1 Å². The van der Waals surface area contributed by atoms with Crippen molar-refractivity contribution in [2.24, 2.45) is 0 Å². The van der Waals surface area contributed by atoms with Gasteiger partial charge in [0.1, 0.15) is 17.2 Å². The molecule has 0 saturated heterocycles. The van der Waals surface area contributed by atoms with Gasteiger partial charge in [-0.1, -0.05) is 11.6 Å². The van der Waals surface area contributed by atoms with E-state index in [0.717, 1.165) is 30.4 Å². The number of ether oxygens (including phenoxy) is 3. The third-order valence-electron chi connectivity index (χ3n) is 3.55. The van der Waals surface area contributed by atoms with Gasteiger partial charge in [-0.3, -0.25) is 20.4 Å². The van der Waals surface area contributed by atoms with Crippen molar-refractivity contribution in [3.63, 3.8) is 0 Å². The van der Waals surface area contributed by atoms with E-state index in [9.17, 15) is 27.2 Å². The molecule has 0 radical (unpaired) electrons. The molecule has 2 aromatic carbocycles. The first kappa shape index (κ1) is 23.8. The number of benzene rings is 2. The maximum absolute atomic E-state index is 12.6. The maximum Gasteiger partial charge on any atom is 0.387 e. The van der Waals surface area contributed by atoms with E-state index < -0.39 is 36.5 Å². The van der Waals surface area contributed by atoms with Crippen LogP contribution in [0.15, 0.2) is 42.5 Å². The number of amides is 2. The molecule has 7 nitrogen and oxygen atoms in total. The minimum Gasteiger partial charge on any atom is -0.496 e. The van der Waals surface area contributed by atoms with Gasteiger partial charge in [-0.15, -0.1) is 0 Å². The largest absolute Gasteiger partial charge is 0.496 e. The maximum atomic E-state index is 12.6. The summed E-state index contributed by atoms with van der Waals surface area (Å²) < 4.78 is 63.1. The average molecular weight is 463 g/mol. The standard InChI is InChI=1S/C19H15ClF4N2O5/c1-29-14-6-4-11(20)8-13(14)17(28)26-25-16(27)7-3-10-2-5-12(30-18(21)22)9-15(10)31-19(23)24/h2-9,18-19H,1H3,(H,25,27)(H,26,28)/b7-3+. The Kier molecular flexibility index (Phi) is 8.50. The van der Waals surface area contributed by atoms with Gasteiger partial charge in [0, 0.05) is 22.7 Å². The quantitative estimate of drug-likeness (QED) is 0.351. The molecule has 31 heavy (non-hydrogen) atoms. The predicted molar refractivity (Wildman–Crippen MR) is 102 cm³/mol. The van der Waals surface area contributed by atoms with E-state index in [1.807, 2.05) is 0 Å². The van der Waals surface area contributed by atoms with Crippen molar-refractivity contribution >= 4 is 29.5 Å². The molecule has 0 aliphatic rings. The summed E-state index contributed by atoms with van der Waals surface area (Å²) in [6.45, 7) is -6.40. The lowest BCUT2D eigenvalue weighted by molar-refractivity contribution is -0.117. The number of hydrazine groups is 1. The number of alkyl halides is 4. The summed E-state index contributed by atoms with van der Waals surface area (Å²) in [5.74, 6) is -2.24. The van der Waals surface area contributed by atoms with E-state index in [4.69, 9.17) is 16.3 Å².